The standard InChI is InChI=1S/C11H12N4O4/c1-14-7(16)4-15(11(14)18)13-10(17)9-8(6-2-3-6)12-5-19-9/h5-6H,2-4H2,1H3,(H,13,17). The Hall–Kier alpha value is -2.38. The Morgan fingerprint density at radius 2 is 2.21 bits per heavy atom. The summed E-state index contributed by atoms with van der Waals surface area (Å²) in [5.41, 5.74) is 2.98. The van der Waals surface area contributed by atoms with E-state index in [-0.39, 0.29) is 24.1 Å². The van der Waals surface area contributed by atoms with Gasteiger partial charge in [-0.2, -0.15) is 0 Å². The first-order chi connectivity index (χ1) is 9.08. The Labute approximate surface area is 108 Å². The minimum absolute atomic E-state index is 0.109. The summed E-state index contributed by atoms with van der Waals surface area (Å²) in [5.74, 6) is -0.559. The lowest BCUT2D eigenvalue weighted by atomic mass is 10.2. The van der Waals surface area contributed by atoms with Crippen LogP contribution in [0.1, 0.15) is 35.0 Å². The molecule has 0 aromatic carbocycles. The maximum absolute atomic E-state index is 12.0. The zero-order valence-corrected chi connectivity index (χ0v) is 10.3. The van der Waals surface area contributed by atoms with Gasteiger partial charge in [0.05, 0.1) is 5.69 Å². The number of rotatable bonds is 3. The number of hydrogen-bond donors (Lipinski definition) is 1. The van der Waals surface area contributed by atoms with Gasteiger partial charge in [0.1, 0.15) is 6.54 Å². The fraction of sp³-hybridized carbons (Fsp3) is 0.455. The molecule has 1 aromatic heterocycles. The lowest BCUT2D eigenvalue weighted by Crippen LogP contribution is -2.44. The number of hydrogen-bond acceptors (Lipinski definition) is 5. The summed E-state index contributed by atoms with van der Waals surface area (Å²) in [6.45, 7) is -0.173. The molecule has 1 aromatic rings. The van der Waals surface area contributed by atoms with E-state index in [1.54, 1.807) is 0 Å². The van der Waals surface area contributed by atoms with Gasteiger partial charge in [0, 0.05) is 13.0 Å². The molecule has 19 heavy (non-hydrogen) atoms. The number of likely N-dealkylation sites (N-methyl/N-ethyl adjacent to an activating group) is 1. The van der Waals surface area contributed by atoms with Crippen LogP contribution in [-0.4, -0.2) is 46.3 Å². The van der Waals surface area contributed by atoms with E-state index in [2.05, 4.69) is 10.4 Å². The molecule has 1 aliphatic carbocycles. The average Bonchev–Trinajstić information content (AvgIpc) is 3.07. The van der Waals surface area contributed by atoms with Crippen LogP contribution in [0.15, 0.2) is 10.8 Å². The minimum Gasteiger partial charge on any atom is -0.438 e. The Morgan fingerprint density at radius 1 is 1.47 bits per heavy atom. The van der Waals surface area contributed by atoms with Gasteiger partial charge in [-0.05, 0) is 12.8 Å². The monoisotopic (exact) mass is 264 g/mol. The first-order valence-corrected chi connectivity index (χ1v) is 5.90. The second-order valence-corrected chi connectivity index (χ2v) is 4.60. The van der Waals surface area contributed by atoms with E-state index < -0.39 is 11.9 Å². The van der Waals surface area contributed by atoms with Gasteiger partial charge >= 0.3 is 11.9 Å². The fourth-order valence-electron chi connectivity index (χ4n) is 1.93. The summed E-state index contributed by atoms with van der Waals surface area (Å²) < 4.78 is 5.07. The van der Waals surface area contributed by atoms with Crippen LogP contribution in [-0.2, 0) is 4.79 Å². The van der Waals surface area contributed by atoms with Crippen LogP contribution in [0.5, 0.6) is 0 Å². The number of nitrogens with zero attached hydrogens (tertiary/aromatic N) is 3. The number of aromatic nitrogens is 1. The van der Waals surface area contributed by atoms with Gasteiger partial charge in [-0.1, -0.05) is 0 Å². The number of urea groups is 1. The number of oxazole rings is 1. The summed E-state index contributed by atoms with van der Waals surface area (Å²) >= 11 is 0. The van der Waals surface area contributed by atoms with Crippen molar-refractivity contribution in [1.29, 1.82) is 0 Å². The van der Waals surface area contributed by atoms with Crippen molar-refractivity contribution in [3.05, 3.63) is 17.8 Å². The minimum atomic E-state index is -0.564. The fourth-order valence-corrected chi connectivity index (χ4v) is 1.93. The van der Waals surface area contributed by atoms with Crippen molar-refractivity contribution >= 4 is 17.8 Å². The van der Waals surface area contributed by atoms with E-state index in [0.717, 1.165) is 22.8 Å². The van der Waals surface area contributed by atoms with E-state index in [1.165, 1.54) is 13.4 Å². The highest BCUT2D eigenvalue weighted by Crippen LogP contribution is 2.40. The molecular formula is C11H12N4O4. The maximum Gasteiger partial charge on any atom is 0.345 e. The maximum atomic E-state index is 12.0. The first kappa shape index (κ1) is 11.7. The van der Waals surface area contributed by atoms with Crippen molar-refractivity contribution in [2.75, 3.05) is 13.6 Å². The van der Waals surface area contributed by atoms with Crippen LogP contribution in [0.25, 0.3) is 0 Å². The van der Waals surface area contributed by atoms with Crippen molar-refractivity contribution in [1.82, 2.24) is 20.3 Å². The third kappa shape index (κ3) is 1.94. The molecule has 2 fully saturated rings. The highest BCUT2D eigenvalue weighted by molar-refractivity contribution is 6.03. The molecule has 4 amide bonds. The number of imide groups is 1. The van der Waals surface area contributed by atoms with Gasteiger partial charge in [-0.15, -0.1) is 0 Å². The zero-order chi connectivity index (χ0) is 13.6. The Balaban J connectivity index is 1.73. The normalized spacial score (nSPS) is 19.2. The van der Waals surface area contributed by atoms with Gasteiger partial charge in [0.2, 0.25) is 5.76 Å². The molecular weight excluding hydrogens is 252 g/mol. The molecule has 2 heterocycles. The second kappa shape index (κ2) is 4.08. The number of carbonyl (C=O) groups is 3. The van der Waals surface area contributed by atoms with Crippen LogP contribution >= 0.6 is 0 Å². The van der Waals surface area contributed by atoms with Gasteiger partial charge in [-0.25, -0.2) is 14.8 Å². The van der Waals surface area contributed by atoms with Crippen molar-refractivity contribution in [2.24, 2.45) is 0 Å². The smallest absolute Gasteiger partial charge is 0.345 e. The van der Waals surface area contributed by atoms with Gasteiger partial charge in [-0.3, -0.25) is 19.9 Å². The number of amides is 4. The molecule has 1 aliphatic heterocycles. The van der Waals surface area contributed by atoms with Crippen LogP contribution in [0, 0.1) is 0 Å². The molecule has 100 valence electrons. The SMILES string of the molecule is CN1C(=O)CN(NC(=O)c2ocnc2C2CC2)C1=O. The van der Waals surface area contributed by atoms with Crippen LogP contribution < -0.4 is 5.43 Å². The first-order valence-electron chi connectivity index (χ1n) is 5.90. The highest BCUT2D eigenvalue weighted by atomic mass is 16.4. The summed E-state index contributed by atoms with van der Waals surface area (Å²) in [6.07, 6.45) is 3.18. The molecule has 1 saturated carbocycles. The van der Waals surface area contributed by atoms with Crippen LogP contribution in [0.4, 0.5) is 4.79 Å². The van der Waals surface area contributed by atoms with E-state index in [1.807, 2.05) is 0 Å². The van der Waals surface area contributed by atoms with Gasteiger partial charge in [0.15, 0.2) is 6.39 Å². The predicted octanol–water partition coefficient (Wildman–Crippen LogP) is 0.0908. The molecule has 2 aliphatic rings. The summed E-state index contributed by atoms with van der Waals surface area (Å²) in [7, 11) is 1.36. The topological polar surface area (TPSA) is 95.8 Å². The number of nitrogens with one attached hydrogen (secondary N) is 1. The van der Waals surface area contributed by atoms with Gasteiger partial charge < -0.3 is 4.42 Å². The molecule has 3 rings (SSSR count). The highest BCUT2D eigenvalue weighted by Gasteiger charge is 2.37. The molecule has 1 N–H and O–H groups in total. The molecule has 0 radical (unpaired) electrons. The number of carbonyl (C=O) groups excluding carboxylic acids is 3. The largest absolute Gasteiger partial charge is 0.438 e. The van der Waals surface area contributed by atoms with Crippen LogP contribution in [0.2, 0.25) is 0 Å². The second-order valence-electron chi connectivity index (χ2n) is 4.60. The quantitative estimate of drug-likeness (QED) is 0.780. The summed E-state index contributed by atoms with van der Waals surface area (Å²) in [4.78, 5) is 39.9. The molecule has 0 spiro atoms. The lowest BCUT2D eigenvalue weighted by molar-refractivity contribution is -0.124. The van der Waals surface area contributed by atoms with E-state index in [9.17, 15) is 14.4 Å². The lowest BCUT2D eigenvalue weighted by Gasteiger charge is -2.14. The van der Waals surface area contributed by atoms with E-state index in [4.69, 9.17) is 4.42 Å². The predicted molar refractivity (Wildman–Crippen MR) is 60.8 cm³/mol. The van der Waals surface area contributed by atoms with Crippen LogP contribution in [0.3, 0.4) is 0 Å². The van der Waals surface area contributed by atoms with E-state index >= 15 is 0 Å². The Morgan fingerprint density at radius 3 is 2.79 bits per heavy atom. The molecule has 0 unspecified atom stereocenters. The Kier molecular flexibility index (Phi) is 2.51. The summed E-state index contributed by atoms with van der Waals surface area (Å²) in [6, 6.07) is -0.564. The van der Waals surface area contributed by atoms with Crippen molar-refractivity contribution in [2.45, 2.75) is 18.8 Å². The van der Waals surface area contributed by atoms with Crippen molar-refractivity contribution in [3.8, 4) is 0 Å². The molecule has 0 bridgehead atoms. The average molecular weight is 264 g/mol. The molecule has 8 heteroatoms. The summed E-state index contributed by atoms with van der Waals surface area (Å²) in [5, 5.41) is 0.962. The van der Waals surface area contributed by atoms with Crippen molar-refractivity contribution < 1.29 is 18.8 Å². The third-order valence-electron chi connectivity index (χ3n) is 3.19. The molecule has 8 nitrogen and oxygen atoms in total. The Bertz CT molecular complexity index is 563. The molecule has 1 saturated heterocycles. The van der Waals surface area contributed by atoms with Gasteiger partial charge in [0.25, 0.3) is 5.91 Å². The third-order valence-corrected chi connectivity index (χ3v) is 3.19. The van der Waals surface area contributed by atoms with E-state index in [0.29, 0.717) is 5.69 Å². The van der Waals surface area contributed by atoms with Crippen molar-refractivity contribution in [3.63, 3.8) is 0 Å². The molecule has 0 atom stereocenters. The zero-order valence-electron chi connectivity index (χ0n) is 10.3. The number of hydrazine groups is 1.